The second kappa shape index (κ2) is 5.70. The fraction of sp³-hybridized carbons (Fsp3) is 0.556. The number of carbonyl (C=O) groups is 1. The highest BCUT2D eigenvalue weighted by molar-refractivity contribution is 7.99. The summed E-state index contributed by atoms with van der Waals surface area (Å²) in [6.45, 7) is 4.07. The number of aryl methyl sites for hydroxylation is 1. The molecule has 0 N–H and O–H groups in total. The number of nitrogens with zero attached hydrogens (tertiary/aromatic N) is 1. The van der Waals surface area contributed by atoms with Crippen molar-refractivity contribution in [1.29, 1.82) is 0 Å². The molecule has 0 bridgehead atoms. The Morgan fingerprint density at radius 1 is 1.71 bits per heavy atom. The minimum atomic E-state index is -0.183. The molecule has 0 atom stereocenters. The van der Waals surface area contributed by atoms with E-state index in [2.05, 4.69) is 5.16 Å². The summed E-state index contributed by atoms with van der Waals surface area (Å²) in [7, 11) is 0. The molecule has 0 aliphatic heterocycles. The van der Waals surface area contributed by atoms with Crippen molar-refractivity contribution < 1.29 is 14.1 Å². The van der Waals surface area contributed by atoms with Gasteiger partial charge in [0.2, 0.25) is 0 Å². The summed E-state index contributed by atoms with van der Waals surface area (Å²) in [6.07, 6.45) is 0. The third-order valence-electron chi connectivity index (χ3n) is 1.45. The highest BCUT2D eigenvalue weighted by Gasteiger charge is 2.04. The van der Waals surface area contributed by atoms with Crippen molar-refractivity contribution in [2.45, 2.75) is 19.6 Å². The highest BCUT2D eigenvalue weighted by atomic mass is 32.2. The Morgan fingerprint density at radius 3 is 3.07 bits per heavy atom. The first-order valence-corrected chi connectivity index (χ1v) is 5.53. The molecule has 14 heavy (non-hydrogen) atoms. The molecule has 0 unspecified atom stereocenters. The summed E-state index contributed by atoms with van der Waals surface area (Å²) in [4.78, 5) is 11.0. The minimum Gasteiger partial charge on any atom is -0.465 e. The van der Waals surface area contributed by atoms with Crippen LogP contribution in [0.3, 0.4) is 0 Å². The average molecular weight is 215 g/mol. The van der Waals surface area contributed by atoms with Crippen molar-refractivity contribution in [3.05, 3.63) is 17.5 Å². The monoisotopic (exact) mass is 215 g/mol. The second-order valence-electron chi connectivity index (χ2n) is 2.73. The van der Waals surface area contributed by atoms with Gasteiger partial charge in [0.25, 0.3) is 0 Å². The summed E-state index contributed by atoms with van der Waals surface area (Å²) in [6, 6.07) is 1.86. The summed E-state index contributed by atoms with van der Waals surface area (Å²) >= 11 is 1.47. The highest BCUT2D eigenvalue weighted by Crippen LogP contribution is 2.11. The lowest BCUT2D eigenvalue weighted by Gasteiger charge is -1.99. The van der Waals surface area contributed by atoms with E-state index in [0.717, 1.165) is 11.5 Å². The molecule has 0 radical (unpaired) electrons. The zero-order valence-electron chi connectivity index (χ0n) is 8.28. The standard InChI is InChI=1S/C9H13NO3S/c1-3-12-9(11)6-14-5-8-4-7(2)13-10-8/h4H,3,5-6H2,1-2H3. The molecule has 0 fully saturated rings. The van der Waals surface area contributed by atoms with Crippen LogP contribution in [-0.2, 0) is 15.3 Å². The predicted molar refractivity (Wildman–Crippen MR) is 54.0 cm³/mol. The predicted octanol–water partition coefficient (Wildman–Crippen LogP) is 1.78. The van der Waals surface area contributed by atoms with Crippen LogP contribution in [0.15, 0.2) is 10.6 Å². The van der Waals surface area contributed by atoms with Crippen LogP contribution in [0.2, 0.25) is 0 Å². The molecule has 0 spiro atoms. The van der Waals surface area contributed by atoms with Crippen molar-refractivity contribution in [2.75, 3.05) is 12.4 Å². The van der Waals surface area contributed by atoms with E-state index in [1.165, 1.54) is 11.8 Å². The summed E-state index contributed by atoms with van der Waals surface area (Å²) in [5.41, 5.74) is 0.858. The summed E-state index contributed by atoms with van der Waals surface area (Å²) in [5.74, 6) is 1.64. The third-order valence-corrected chi connectivity index (χ3v) is 2.39. The molecular weight excluding hydrogens is 202 g/mol. The van der Waals surface area contributed by atoms with Crippen molar-refractivity contribution in [2.24, 2.45) is 0 Å². The van der Waals surface area contributed by atoms with Crippen LogP contribution in [0.4, 0.5) is 0 Å². The van der Waals surface area contributed by atoms with Crippen molar-refractivity contribution in [3.8, 4) is 0 Å². The lowest BCUT2D eigenvalue weighted by atomic mass is 10.4. The zero-order chi connectivity index (χ0) is 10.4. The number of thioether (sulfide) groups is 1. The van der Waals surface area contributed by atoms with Crippen LogP contribution in [0.1, 0.15) is 18.4 Å². The number of aromatic nitrogens is 1. The van der Waals surface area contributed by atoms with Gasteiger partial charge < -0.3 is 9.26 Å². The van der Waals surface area contributed by atoms with E-state index in [9.17, 15) is 4.79 Å². The number of rotatable bonds is 5. The molecule has 1 heterocycles. The van der Waals surface area contributed by atoms with Gasteiger partial charge in [-0.05, 0) is 13.8 Å². The number of ether oxygens (including phenoxy) is 1. The van der Waals surface area contributed by atoms with Crippen LogP contribution >= 0.6 is 11.8 Å². The molecule has 1 rings (SSSR count). The maximum Gasteiger partial charge on any atom is 0.315 e. The van der Waals surface area contributed by atoms with Crippen LogP contribution in [-0.4, -0.2) is 23.5 Å². The van der Waals surface area contributed by atoms with E-state index < -0.39 is 0 Å². The third kappa shape index (κ3) is 3.83. The molecule has 0 saturated carbocycles. The van der Waals surface area contributed by atoms with Gasteiger partial charge in [0.05, 0.1) is 18.1 Å². The van der Waals surface area contributed by atoms with Gasteiger partial charge in [-0.15, -0.1) is 11.8 Å². The molecule has 78 valence electrons. The second-order valence-corrected chi connectivity index (χ2v) is 3.71. The van der Waals surface area contributed by atoms with Crippen molar-refractivity contribution in [3.63, 3.8) is 0 Å². The fourth-order valence-corrected chi connectivity index (χ4v) is 1.62. The summed E-state index contributed by atoms with van der Waals surface area (Å²) < 4.78 is 9.67. The fourth-order valence-electron chi connectivity index (χ4n) is 0.928. The van der Waals surface area contributed by atoms with Crippen LogP contribution in [0, 0.1) is 6.92 Å². The SMILES string of the molecule is CCOC(=O)CSCc1cc(C)on1. The molecule has 0 aromatic carbocycles. The molecule has 1 aromatic heterocycles. The first kappa shape index (κ1) is 11.1. The van der Waals surface area contributed by atoms with Crippen LogP contribution in [0.5, 0.6) is 0 Å². The molecule has 0 aliphatic rings. The number of hydrogen-bond donors (Lipinski definition) is 0. The molecular formula is C9H13NO3S. The van der Waals surface area contributed by atoms with Crippen molar-refractivity contribution >= 4 is 17.7 Å². The Balaban J connectivity index is 2.18. The van der Waals surface area contributed by atoms with Gasteiger partial charge in [0.1, 0.15) is 5.76 Å². The van der Waals surface area contributed by atoms with Gasteiger partial charge in [-0.3, -0.25) is 4.79 Å². The van der Waals surface area contributed by atoms with Gasteiger partial charge >= 0.3 is 5.97 Å². The molecule has 1 aromatic rings. The minimum absolute atomic E-state index is 0.183. The average Bonchev–Trinajstić information content (AvgIpc) is 2.52. The zero-order valence-corrected chi connectivity index (χ0v) is 9.10. The first-order valence-electron chi connectivity index (χ1n) is 4.38. The van der Waals surface area contributed by atoms with Gasteiger partial charge in [-0.2, -0.15) is 0 Å². The topological polar surface area (TPSA) is 52.3 Å². The number of esters is 1. The first-order chi connectivity index (χ1) is 6.72. The van der Waals surface area contributed by atoms with E-state index in [0.29, 0.717) is 18.1 Å². The Hall–Kier alpha value is -0.970. The molecule has 0 saturated heterocycles. The van der Waals surface area contributed by atoms with E-state index in [1.54, 1.807) is 6.92 Å². The van der Waals surface area contributed by atoms with Crippen LogP contribution < -0.4 is 0 Å². The van der Waals surface area contributed by atoms with Crippen LogP contribution in [0.25, 0.3) is 0 Å². The Kier molecular flexibility index (Phi) is 4.52. The van der Waals surface area contributed by atoms with E-state index >= 15 is 0 Å². The lowest BCUT2D eigenvalue weighted by Crippen LogP contribution is -2.06. The maximum atomic E-state index is 11.0. The molecule has 0 aliphatic carbocycles. The quantitative estimate of drug-likeness (QED) is 0.701. The smallest absolute Gasteiger partial charge is 0.315 e. The van der Waals surface area contributed by atoms with E-state index in [-0.39, 0.29) is 5.97 Å². The largest absolute Gasteiger partial charge is 0.465 e. The van der Waals surface area contributed by atoms with E-state index in [4.69, 9.17) is 9.26 Å². The van der Waals surface area contributed by atoms with Gasteiger partial charge in [-0.1, -0.05) is 5.16 Å². The Morgan fingerprint density at radius 2 is 2.50 bits per heavy atom. The van der Waals surface area contributed by atoms with Gasteiger partial charge in [-0.25, -0.2) is 0 Å². The molecule has 0 amide bonds. The Labute approximate surface area is 87.0 Å². The van der Waals surface area contributed by atoms with Crippen molar-refractivity contribution in [1.82, 2.24) is 5.16 Å². The van der Waals surface area contributed by atoms with Gasteiger partial charge in [0, 0.05) is 11.8 Å². The van der Waals surface area contributed by atoms with Gasteiger partial charge in [0.15, 0.2) is 0 Å². The maximum absolute atomic E-state index is 11.0. The lowest BCUT2D eigenvalue weighted by molar-refractivity contribution is -0.139. The number of hydrogen-bond acceptors (Lipinski definition) is 5. The Bertz CT molecular complexity index is 298. The normalized spacial score (nSPS) is 10.1. The number of carbonyl (C=O) groups excluding carboxylic acids is 1. The molecule has 5 heteroatoms. The molecule has 4 nitrogen and oxygen atoms in total. The van der Waals surface area contributed by atoms with E-state index in [1.807, 2.05) is 13.0 Å². The summed E-state index contributed by atoms with van der Waals surface area (Å²) in [5, 5.41) is 3.81.